The topological polar surface area (TPSA) is 38.3 Å². The average Bonchev–Trinajstić information content (AvgIpc) is 2.74. The Morgan fingerprint density at radius 2 is 2.17 bits per heavy atom. The summed E-state index contributed by atoms with van der Waals surface area (Å²) in [6.45, 7) is 2.09. The molecule has 1 aromatic rings. The zero-order chi connectivity index (χ0) is 13.2. The minimum atomic E-state index is -0.698. The maximum atomic E-state index is 12.9. The number of halogens is 1. The Kier molecular flexibility index (Phi) is 3.80. The average molecular weight is 269 g/mol. The predicted molar refractivity (Wildman–Crippen MR) is 71.3 cm³/mol. The predicted octanol–water partition coefficient (Wildman–Crippen LogP) is 2.67. The number of ether oxygens (including phenoxy) is 1. The molecule has 2 unspecified atom stereocenters. The molecule has 0 spiro atoms. The first-order valence-electron chi connectivity index (χ1n) is 5.79. The van der Waals surface area contributed by atoms with Gasteiger partial charge in [0.2, 0.25) is 0 Å². The van der Waals surface area contributed by atoms with E-state index in [1.807, 2.05) is 0 Å². The number of anilines is 1. The van der Waals surface area contributed by atoms with Gasteiger partial charge in [0.15, 0.2) is 0 Å². The third-order valence-electron chi connectivity index (χ3n) is 3.05. The molecule has 0 aliphatic carbocycles. The van der Waals surface area contributed by atoms with Crippen LogP contribution in [-0.4, -0.2) is 29.6 Å². The fraction of sp³-hybridized carbons (Fsp3) is 0.462. The van der Waals surface area contributed by atoms with E-state index >= 15 is 0 Å². The molecule has 0 bridgehead atoms. The van der Waals surface area contributed by atoms with Crippen molar-refractivity contribution in [1.82, 2.24) is 0 Å². The third-order valence-corrected chi connectivity index (χ3v) is 4.45. The maximum Gasteiger partial charge on any atom is 0.332 e. The SMILES string of the molecule is COC(=O)C1(Nc2ccc(F)cc2)CSC(C)C1. The summed E-state index contributed by atoms with van der Waals surface area (Å²) in [4.78, 5) is 12.0. The fourth-order valence-corrected chi connectivity index (χ4v) is 3.46. The van der Waals surface area contributed by atoms with Crippen molar-refractivity contribution in [3.63, 3.8) is 0 Å². The number of hydrogen-bond acceptors (Lipinski definition) is 4. The van der Waals surface area contributed by atoms with E-state index in [9.17, 15) is 9.18 Å². The van der Waals surface area contributed by atoms with Crippen LogP contribution in [0.25, 0.3) is 0 Å². The van der Waals surface area contributed by atoms with Crippen molar-refractivity contribution in [2.75, 3.05) is 18.2 Å². The number of esters is 1. The monoisotopic (exact) mass is 269 g/mol. The largest absolute Gasteiger partial charge is 0.467 e. The van der Waals surface area contributed by atoms with Crippen molar-refractivity contribution in [3.8, 4) is 0 Å². The smallest absolute Gasteiger partial charge is 0.332 e. The van der Waals surface area contributed by atoms with Gasteiger partial charge in [0.1, 0.15) is 11.4 Å². The molecule has 2 rings (SSSR count). The highest BCUT2D eigenvalue weighted by atomic mass is 32.2. The van der Waals surface area contributed by atoms with Gasteiger partial charge < -0.3 is 10.1 Å². The molecule has 1 fully saturated rings. The van der Waals surface area contributed by atoms with Gasteiger partial charge in [0, 0.05) is 16.7 Å². The minimum absolute atomic E-state index is 0.260. The molecule has 1 saturated heterocycles. The Bertz CT molecular complexity index is 437. The van der Waals surface area contributed by atoms with Crippen LogP contribution in [0.3, 0.4) is 0 Å². The minimum Gasteiger partial charge on any atom is -0.467 e. The van der Waals surface area contributed by atoms with Crippen molar-refractivity contribution in [2.45, 2.75) is 24.1 Å². The van der Waals surface area contributed by atoms with E-state index in [1.54, 1.807) is 23.9 Å². The summed E-state index contributed by atoms with van der Waals surface area (Å²) in [5.41, 5.74) is 0.0351. The summed E-state index contributed by atoms with van der Waals surface area (Å²) in [5.74, 6) is 0.114. The number of rotatable bonds is 3. The van der Waals surface area contributed by atoms with E-state index in [0.717, 1.165) is 5.69 Å². The fourth-order valence-electron chi connectivity index (χ4n) is 2.18. The van der Waals surface area contributed by atoms with Crippen LogP contribution in [0.4, 0.5) is 10.1 Å². The quantitative estimate of drug-likeness (QED) is 0.856. The van der Waals surface area contributed by atoms with E-state index in [-0.39, 0.29) is 11.8 Å². The van der Waals surface area contributed by atoms with Crippen molar-refractivity contribution >= 4 is 23.4 Å². The van der Waals surface area contributed by atoms with Gasteiger partial charge in [0.05, 0.1) is 7.11 Å². The zero-order valence-electron chi connectivity index (χ0n) is 10.4. The summed E-state index contributed by atoms with van der Waals surface area (Å²) >= 11 is 1.73. The lowest BCUT2D eigenvalue weighted by atomic mass is 9.96. The van der Waals surface area contributed by atoms with Crippen LogP contribution in [0.1, 0.15) is 13.3 Å². The van der Waals surface area contributed by atoms with Crippen LogP contribution in [0, 0.1) is 5.82 Å². The second kappa shape index (κ2) is 5.18. The maximum absolute atomic E-state index is 12.9. The van der Waals surface area contributed by atoms with Crippen LogP contribution in [0.5, 0.6) is 0 Å². The molecular formula is C13H16FNO2S. The molecule has 98 valence electrons. The molecule has 2 atom stereocenters. The van der Waals surface area contributed by atoms with Gasteiger partial charge in [-0.1, -0.05) is 6.92 Å². The van der Waals surface area contributed by atoms with E-state index < -0.39 is 5.54 Å². The van der Waals surface area contributed by atoms with Crippen LogP contribution in [0.2, 0.25) is 0 Å². The molecule has 1 aliphatic rings. The summed E-state index contributed by atoms with van der Waals surface area (Å²) in [6, 6.07) is 6.01. The van der Waals surface area contributed by atoms with Crippen molar-refractivity contribution in [2.24, 2.45) is 0 Å². The lowest BCUT2D eigenvalue weighted by Crippen LogP contribution is -2.47. The van der Waals surface area contributed by atoms with E-state index in [0.29, 0.717) is 17.4 Å². The van der Waals surface area contributed by atoms with Gasteiger partial charge in [0.25, 0.3) is 0 Å². The molecule has 0 radical (unpaired) electrons. The molecule has 0 aromatic heterocycles. The van der Waals surface area contributed by atoms with Gasteiger partial charge in [-0.05, 0) is 30.7 Å². The second-order valence-electron chi connectivity index (χ2n) is 4.53. The highest BCUT2D eigenvalue weighted by molar-refractivity contribution is 8.00. The first-order valence-corrected chi connectivity index (χ1v) is 6.84. The van der Waals surface area contributed by atoms with E-state index in [2.05, 4.69) is 12.2 Å². The lowest BCUT2D eigenvalue weighted by Gasteiger charge is -2.28. The van der Waals surface area contributed by atoms with Gasteiger partial charge in [-0.2, -0.15) is 11.8 Å². The molecular weight excluding hydrogens is 253 g/mol. The number of carbonyl (C=O) groups excluding carboxylic acids is 1. The first kappa shape index (κ1) is 13.2. The van der Waals surface area contributed by atoms with Gasteiger partial charge >= 0.3 is 5.97 Å². The number of benzene rings is 1. The molecule has 1 N–H and O–H groups in total. The number of thioether (sulfide) groups is 1. The van der Waals surface area contributed by atoms with Crippen LogP contribution in [0.15, 0.2) is 24.3 Å². The Hall–Kier alpha value is -1.23. The van der Waals surface area contributed by atoms with Gasteiger partial charge in [-0.15, -0.1) is 0 Å². The van der Waals surface area contributed by atoms with E-state index in [4.69, 9.17) is 4.74 Å². The van der Waals surface area contributed by atoms with Gasteiger partial charge in [-0.25, -0.2) is 9.18 Å². The zero-order valence-corrected chi connectivity index (χ0v) is 11.2. The van der Waals surface area contributed by atoms with Crippen LogP contribution < -0.4 is 5.32 Å². The first-order chi connectivity index (χ1) is 8.55. The molecule has 0 amide bonds. The Morgan fingerprint density at radius 1 is 1.50 bits per heavy atom. The van der Waals surface area contributed by atoms with E-state index in [1.165, 1.54) is 19.2 Å². The molecule has 18 heavy (non-hydrogen) atoms. The molecule has 0 saturated carbocycles. The van der Waals surface area contributed by atoms with Crippen molar-refractivity contribution in [1.29, 1.82) is 0 Å². The Labute approximate surface area is 110 Å². The molecule has 1 aliphatic heterocycles. The molecule has 5 heteroatoms. The standard InChI is InChI=1S/C13H16FNO2S/c1-9-7-13(8-18-9,12(16)17-2)15-11-5-3-10(14)4-6-11/h3-6,9,15H,7-8H2,1-2H3. The highest BCUT2D eigenvalue weighted by Crippen LogP contribution is 2.37. The summed E-state index contributed by atoms with van der Waals surface area (Å²) in [7, 11) is 1.39. The Morgan fingerprint density at radius 3 is 2.67 bits per heavy atom. The number of methoxy groups -OCH3 is 1. The summed E-state index contributed by atoms with van der Waals surface area (Å²) in [6.07, 6.45) is 0.710. The van der Waals surface area contributed by atoms with Gasteiger partial charge in [-0.3, -0.25) is 0 Å². The normalized spacial score (nSPS) is 26.9. The number of nitrogens with one attached hydrogen (secondary N) is 1. The number of hydrogen-bond donors (Lipinski definition) is 1. The van der Waals surface area contributed by atoms with Crippen molar-refractivity contribution in [3.05, 3.63) is 30.1 Å². The highest BCUT2D eigenvalue weighted by Gasteiger charge is 2.45. The van der Waals surface area contributed by atoms with Crippen LogP contribution in [-0.2, 0) is 9.53 Å². The van der Waals surface area contributed by atoms with Crippen molar-refractivity contribution < 1.29 is 13.9 Å². The molecule has 1 aromatic carbocycles. The van der Waals surface area contributed by atoms with Crippen LogP contribution >= 0.6 is 11.8 Å². The number of carbonyl (C=O) groups is 1. The Balaban J connectivity index is 2.20. The summed E-state index contributed by atoms with van der Waals surface area (Å²) in [5, 5.41) is 3.60. The third kappa shape index (κ3) is 2.61. The summed E-state index contributed by atoms with van der Waals surface area (Å²) < 4.78 is 17.8. The molecule has 1 heterocycles. The second-order valence-corrected chi connectivity index (χ2v) is 5.96. The molecule has 3 nitrogen and oxygen atoms in total. The lowest BCUT2D eigenvalue weighted by molar-refractivity contribution is -0.145.